The van der Waals surface area contributed by atoms with Gasteiger partial charge >= 0.3 is 0 Å². The fourth-order valence-corrected chi connectivity index (χ4v) is 4.02. The maximum absolute atomic E-state index is 12.3. The molecule has 3 rings (SSSR count). The van der Waals surface area contributed by atoms with E-state index in [-0.39, 0.29) is 18.4 Å². The van der Waals surface area contributed by atoms with Gasteiger partial charge in [0.15, 0.2) is 0 Å². The van der Waals surface area contributed by atoms with Gasteiger partial charge in [0.05, 0.1) is 11.6 Å². The summed E-state index contributed by atoms with van der Waals surface area (Å²) in [6.45, 7) is 0.393. The second-order valence-electron chi connectivity index (χ2n) is 5.65. The highest BCUT2D eigenvalue weighted by molar-refractivity contribution is 7.21. The smallest absolute Gasteiger partial charge is 0.263 e. The summed E-state index contributed by atoms with van der Waals surface area (Å²) in [5, 5.41) is 7.34. The van der Waals surface area contributed by atoms with Crippen LogP contribution in [0.5, 0.6) is 0 Å². The number of benzene rings is 2. The molecule has 4 nitrogen and oxygen atoms in total. The van der Waals surface area contributed by atoms with Gasteiger partial charge in [-0.05, 0) is 30.2 Å². The molecule has 1 aromatic heterocycles. The average molecular weight is 407 g/mol. The van der Waals surface area contributed by atoms with Gasteiger partial charge in [-0.2, -0.15) is 0 Å². The van der Waals surface area contributed by atoms with Gasteiger partial charge in [-0.3, -0.25) is 9.59 Å². The molecule has 7 heteroatoms. The Labute approximate surface area is 165 Å². The molecular weight excluding hydrogens is 391 g/mol. The SMILES string of the molecule is O=C(CNC(=O)c1sc2ccccc2c1Cl)NCCc1ccc(Cl)cc1. The Balaban J connectivity index is 1.48. The van der Waals surface area contributed by atoms with E-state index in [9.17, 15) is 9.59 Å². The molecule has 0 fully saturated rings. The number of rotatable bonds is 6. The summed E-state index contributed by atoms with van der Waals surface area (Å²) in [5.74, 6) is -0.589. The standard InChI is InChI=1S/C19H16Cl2N2O2S/c20-13-7-5-12(6-8-13)9-10-22-16(24)11-23-19(25)18-17(21)14-3-1-2-4-15(14)26-18/h1-8H,9-11H2,(H,22,24)(H,23,25). The highest BCUT2D eigenvalue weighted by Gasteiger charge is 2.17. The number of fused-ring (bicyclic) bond motifs is 1. The van der Waals surface area contributed by atoms with E-state index in [1.165, 1.54) is 11.3 Å². The van der Waals surface area contributed by atoms with E-state index >= 15 is 0 Å². The van der Waals surface area contributed by atoms with E-state index in [1.807, 2.05) is 48.5 Å². The first-order valence-corrected chi connectivity index (χ1v) is 9.58. The van der Waals surface area contributed by atoms with Crippen molar-refractivity contribution in [1.82, 2.24) is 10.6 Å². The van der Waals surface area contributed by atoms with Gasteiger partial charge in [0.2, 0.25) is 5.91 Å². The Morgan fingerprint density at radius 2 is 1.69 bits per heavy atom. The minimum absolute atomic E-state index is 0.0932. The molecule has 2 N–H and O–H groups in total. The lowest BCUT2D eigenvalue weighted by Crippen LogP contribution is -2.37. The zero-order valence-electron chi connectivity index (χ0n) is 13.7. The molecule has 0 unspecified atom stereocenters. The largest absolute Gasteiger partial charge is 0.354 e. The first-order chi connectivity index (χ1) is 12.5. The third kappa shape index (κ3) is 4.55. The summed E-state index contributed by atoms with van der Waals surface area (Å²) in [4.78, 5) is 24.6. The lowest BCUT2D eigenvalue weighted by Gasteiger charge is -2.07. The molecule has 0 bridgehead atoms. The Kier molecular flexibility index (Phi) is 6.14. The highest BCUT2D eigenvalue weighted by Crippen LogP contribution is 2.34. The van der Waals surface area contributed by atoms with E-state index in [4.69, 9.17) is 23.2 Å². The van der Waals surface area contributed by atoms with E-state index in [0.29, 0.717) is 27.9 Å². The number of hydrogen-bond acceptors (Lipinski definition) is 3. The zero-order valence-corrected chi connectivity index (χ0v) is 16.0. The van der Waals surface area contributed by atoms with Gasteiger partial charge in [-0.25, -0.2) is 0 Å². The van der Waals surface area contributed by atoms with Gasteiger partial charge in [0, 0.05) is 21.7 Å². The molecular formula is C19H16Cl2N2O2S. The van der Waals surface area contributed by atoms with Crippen LogP contribution in [-0.4, -0.2) is 24.9 Å². The van der Waals surface area contributed by atoms with Crippen molar-refractivity contribution in [2.75, 3.05) is 13.1 Å². The molecule has 134 valence electrons. The van der Waals surface area contributed by atoms with Crippen molar-refractivity contribution in [1.29, 1.82) is 0 Å². The summed E-state index contributed by atoms with van der Waals surface area (Å²) < 4.78 is 0.940. The predicted octanol–water partition coefficient (Wildman–Crippen LogP) is 4.30. The van der Waals surface area contributed by atoms with Gasteiger partial charge in [0.1, 0.15) is 4.88 Å². The molecule has 0 spiro atoms. The van der Waals surface area contributed by atoms with Gasteiger partial charge in [0.25, 0.3) is 5.91 Å². The Morgan fingerprint density at radius 3 is 2.42 bits per heavy atom. The van der Waals surface area contributed by atoms with Crippen LogP contribution in [0.1, 0.15) is 15.2 Å². The molecule has 2 aromatic carbocycles. The highest BCUT2D eigenvalue weighted by atomic mass is 35.5. The van der Waals surface area contributed by atoms with Crippen LogP contribution in [0.25, 0.3) is 10.1 Å². The van der Waals surface area contributed by atoms with Crippen molar-refractivity contribution in [2.45, 2.75) is 6.42 Å². The molecule has 3 aromatic rings. The van der Waals surface area contributed by atoms with Crippen molar-refractivity contribution in [2.24, 2.45) is 0 Å². The van der Waals surface area contributed by atoms with Crippen LogP contribution in [0, 0.1) is 0 Å². The van der Waals surface area contributed by atoms with E-state index in [2.05, 4.69) is 10.6 Å². The molecule has 0 saturated heterocycles. The van der Waals surface area contributed by atoms with Gasteiger partial charge in [-0.1, -0.05) is 53.5 Å². The van der Waals surface area contributed by atoms with Crippen molar-refractivity contribution in [3.05, 3.63) is 69.0 Å². The Hall–Kier alpha value is -2.08. The summed E-state index contributed by atoms with van der Waals surface area (Å²) in [6.07, 6.45) is 0.693. The fourth-order valence-electron chi connectivity index (χ4n) is 2.46. The number of amides is 2. The van der Waals surface area contributed by atoms with Crippen molar-refractivity contribution >= 4 is 56.4 Å². The van der Waals surface area contributed by atoms with Crippen LogP contribution in [-0.2, 0) is 11.2 Å². The number of halogens is 2. The van der Waals surface area contributed by atoms with Crippen LogP contribution >= 0.6 is 34.5 Å². The minimum atomic E-state index is -0.343. The molecule has 0 aliphatic carbocycles. The van der Waals surface area contributed by atoms with Crippen LogP contribution in [0.3, 0.4) is 0 Å². The van der Waals surface area contributed by atoms with Crippen molar-refractivity contribution in [3.8, 4) is 0 Å². The second kappa shape index (κ2) is 8.54. The molecule has 0 radical (unpaired) electrons. The summed E-state index contributed by atoms with van der Waals surface area (Å²) >= 11 is 13.4. The summed E-state index contributed by atoms with van der Waals surface area (Å²) in [6, 6.07) is 15.0. The first-order valence-electron chi connectivity index (χ1n) is 8.01. The molecule has 1 heterocycles. The lowest BCUT2D eigenvalue weighted by atomic mass is 10.1. The zero-order chi connectivity index (χ0) is 18.5. The van der Waals surface area contributed by atoms with Crippen LogP contribution in [0.2, 0.25) is 10.0 Å². The number of thiophene rings is 1. The Morgan fingerprint density at radius 1 is 0.962 bits per heavy atom. The number of nitrogens with one attached hydrogen (secondary N) is 2. The summed E-state index contributed by atoms with van der Waals surface area (Å²) in [7, 11) is 0. The van der Waals surface area contributed by atoms with Gasteiger partial charge in [-0.15, -0.1) is 11.3 Å². The van der Waals surface area contributed by atoms with Crippen molar-refractivity contribution in [3.63, 3.8) is 0 Å². The third-order valence-corrected chi connectivity index (χ3v) is 5.73. The molecule has 26 heavy (non-hydrogen) atoms. The number of hydrogen-bond donors (Lipinski definition) is 2. The van der Waals surface area contributed by atoms with Crippen LogP contribution in [0.15, 0.2) is 48.5 Å². The molecule has 0 aliphatic rings. The third-order valence-electron chi connectivity index (χ3n) is 3.80. The fraction of sp³-hybridized carbons (Fsp3) is 0.158. The van der Waals surface area contributed by atoms with E-state index in [0.717, 1.165) is 15.6 Å². The summed E-state index contributed by atoms with van der Waals surface area (Å²) in [5.41, 5.74) is 1.08. The molecule has 0 aliphatic heterocycles. The first kappa shape index (κ1) is 18.7. The molecule has 2 amide bonds. The predicted molar refractivity (Wildman–Crippen MR) is 107 cm³/mol. The monoisotopic (exact) mass is 406 g/mol. The van der Waals surface area contributed by atoms with E-state index < -0.39 is 0 Å². The molecule has 0 atom stereocenters. The maximum atomic E-state index is 12.3. The molecule has 0 saturated carbocycles. The van der Waals surface area contributed by atoms with Crippen molar-refractivity contribution < 1.29 is 9.59 Å². The van der Waals surface area contributed by atoms with Crippen LogP contribution in [0.4, 0.5) is 0 Å². The minimum Gasteiger partial charge on any atom is -0.354 e. The van der Waals surface area contributed by atoms with Gasteiger partial charge < -0.3 is 10.6 Å². The number of carbonyl (C=O) groups excluding carboxylic acids is 2. The quantitative estimate of drug-likeness (QED) is 0.640. The Bertz CT molecular complexity index is 938. The van der Waals surface area contributed by atoms with E-state index in [1.54, 1.807) is 0 Å². The van der Waals surface area contributed by atoms with Crippen LogP contribution < -0.4 is 10.6 Å². The normalized spacial score (nSPS) is 10.7. The second-order valence-corrected chi connectivity index (χ2v) is 7.52. The average Bonchev–Trinajstić information content (AvgIpc) is 2.98. The maximum Gasteiger partial charge on any atom is 0.263 e. The topological polar surface area (TPSA) is 58.2 Å². The lowest BCUT2D eigenvalue weighted by molar-refractivity contribution is -0.120. The number of carbonyl (C=O) groups is 2.